The number of amides is 1. The lowest BCUT2D eigenvalue weighted by atomic mass is 10.0. The van der Waals surface area contributed by atoms with E-state index in [2.05, 4.69) is 19.2 Å². The summed E-state index contributed by atoms with van der Waals surface area (Å²) in [4.78, 5) is 12.5. The Morgan fingerprint density at radius 1 is 0.303 bits per heavy atom. The first-order valence-electron chi connectivity index (χ1n) is 35.9. The van der Waals surface area contributed by atoms with Crippen molar-refractivity contribution in [3.63, 3.8) is 0 Å². The van der Waals surface area contributed by atoms with E-state index in [1.807, 2.05) is 6.08 Å². The maximum absolute atomic E-state index is 12.5. The molecule has 0 heterocycles. The first-order valence-corrected chi connectivity index (χ1v) is 35.9. The summed E-state index contributed by atoms with van der Waals surface area (Å²) in [6.07, 6.45) is 91.8. The predicted molar refractivity (Wildman–Crippen MR) is 341 cm³/mol. The third kappa shape index (κ3) is 64.0. The molecule has 3 N–H and O–H groups in total. The molecule has 0 spiro atoms. The van der Waals surface area contributed by atoms with Gasteiger partial charge in [0.15, 0.2) is 0 Å². The second kappa shape index (κ2) is 68.4. The molecule has 76 heavy (non-hydrogen) atoms. The highest BCUT2D eigenvalue weighted by Crippen LogP contribution is 2.20. The van der Waals surface area contributed by atoms with Gasteiger partial charge in [0.25, 0.3) is 0 Å². The molecule has 1 amide bonds. The lowest BCUT2D eigenvalue weighted by molar-refractivity contribution is -0.123. The Bertz CT molecular complexity index is 1080. The molecule has 4 nitrogen and oxygen atoms in total. The van der Waals surface area contributed by atoms with Gasteiger partial charge in [-0.15, -0.1) is 0 Å². The number of carbonyl (C=O) groups is 1. The van der Waals surface area contributed by atoms with E-state index in [9.17, 15) is 15.0 Å². The Morgan fingerprint density at radius 3 is 0.684 bits per heavy atom. The van der Waals surface area contributed by atoms with E-state index in [0.717, 1.165) is 25.7 Å². The van der Waals surface area contributed by atoms with Crippen molar-refractivity contribution in [1.82, 2.24) is 5.32 Å². The molecule has 2 atom stereocenters. The highest BCUT2D eigenvalue weighted by molar-refractivity contribution is 5.76. The lowest BCUT2D eigenvalue weighted by Crippen LogP contribution is -2.45. The molecule has 0 fully saturated rings. The number of rotatable bonds is 68. The van der Waals surface area contributed by atoms with E-state index in [4.69, 9.17) is 0 Å². The molecule has 454 valence electrons. The van der Waals surface area contributed by atoms with Crippen LogP contribution in [-0.4, -0.2) is 34.9 Å². The van der Waals surface area contributed by atoms with Crippen LogP contribution in [0.25, 0.3) is 0 Å². The van der Waals surface area contributed by atoms with Gasteiger partial charge >= 0.3 is 0 Å². The number of carbonyl (C=O) groups excluding carboxylic acids is 1. The highest BCUT2D eigenvalue weighted by atomic mass is 16.3. The summed E-state index contributed by atoms with van der Waals surface area (Å²) in [5.41, 5.74) is 0. The monoisotopic (exact) mass is 1070 g/mol. The summed E-state index contributed by atoms with van der Waals surface area (Å²) in [5, 5.41) is 23.3. The minimum absolute atomic E-state index is 0.0528. The molecule has 0 aromatic carbocycles. The van der Waals surface area contributed by atoms with E-state index >= 15 is 0 Å². The number of hydrogen-bond donors (Lipinski definition) is 3. The first kappa shape index (κ1) is 75.1. The Kier molecular flexibility index (Phi) is 67.6. The van der Waals surface area contributed by atoms with Crippen LogP contribution in [0.1, 0.15) is 425 Å². The smallest absolute Gasteiger partial charge is 0.220 e. The zero-order valence-corrected chi connectivity index (χ0v) is 52.6. The highest BCUT2D eigenvalue weighted by Gasteiger charge is 2.18. The van der Waals surface area contributed by atoms with Crippen LogP contribution in [-0.2, 0) is 4.79 Å². The average Bonchev–Trinajstić information content (AvgIpc) is 3.42. The zero-order chi connectivity index (χ0) is 54.8. The molecule has 0 aliphatic heterocycles. The second-order valence-corrected chi connectivity index (χ2v) is 25.0. The zero-order valence-electron chi connectivity index (χ0n) is 52.6. The van der Waals surface area contributed by atoms with Crippen molar-refractivity contribution >= 4 is 5.91 Å². The van der Waals surface area contributed by atoms with Crippen molar-refractivity contribution in [3.8, 4) is 0 Å². The molecule has 0 aromatic heterocycles. The molecule has 0 aliphatic carbocycles. The van der Waals surface area contributed by atoms with Crippen LogP contribution in [0.2, 0.25) is 0 Å². The lowest BCUT2D eigenvalue weighted by Gasteiger charge is -2.20. The fourth-order valence-corrected chi connectivity index (χ4v) is 11.8. The maximum Gasteiger partial charge on any atom is 0.220 e. The van der Waals surface area contributed by atoms with E-state index in [1.165, 1.54) is 379 Å². The Morgan fingerprint density at radius 2 is 0.487 bits per heavy atom. The van der Waals surface area contributed by atoms with Crippen LogP contribution < -0.4 is 5.32 Å². The standard InChI is InChI=1S/C72H143NO3/c1-3-5-7-9-11-13-15-17-19-21-23-25-27-29-31-32-33-34-35-36-37-38-39-40-42-44-46-48-50-52-54-56-58-60-62-64-66-68-72(76)73-70(69-74)71(75)67-65-63-61-59-57-55-53-51-49-47-45-43-41-30-28-26-24-22-20-18-16-14-12-10-8-6-4-2/h65,67,70-71,74-75H,3-64,66,68-69H2,1-2H3,(H,73,76)/b67-65+. The van der Waals surface area contributed by atoms with Crippen molar-refractivity contribution in [2.45, 2.75) is 437 Å². The third-order valence-corrected chi connectivity index (χ3v) is 17.3. The van der Waals surface area contributed by atoms with E-state index in [0.29, 0.717) is 6.42 Å². The molecular formula is C72H143NO3. The molecule has 2 unspecified atom stereocenters. The van der Waals surface area contributed by atoms with Gasteiger partial charge in [0.1, 0.15) is 0 Å². The van der Waals surface area contributed by atoms with Crippen LogP contribution in [0.4, 0.5) is 0 Å². The number of aliphatic hydroxyl groups is 2. The van der Waals surface area contributed by atoms with Gasteiger partial charge in [0, 0.05) is 6.42 Å². The van der Waals surface area contributed by atoms with Crippen molar-refractivity contribution in [3.05, 3.63) is 12.2 Å². The average molecular weight is 1070 g/mol. The van der Waals surface area contributed by atoms with E-state index in [1.54, 1.807) is 6.08 Å². The van der Waals surface area contributed by atoms with Gasteiger partial charge in [-0.1, -0.05) is 411 Å². The summed E-state index contributed by atoms with van der Waals surface area (Å²) in [6.45, 7) is 4.37. The van der Waals surface area contributed by atoms with Crippen LogP contribution >= 0.6 is 0 Å². The van der Waals surface area contributed by atoms with E-state index < -0.39 is 12.1 Å². The summed E-state index contributed by atoms with van der Waals surface area (Å²) in [6, 6.07) is -0.620. The largest absolute Gasteiger partial charge is 0.394 e. The van der Waals surface area contributed by atoms with Gasteiger partial charge < -0.3 is 15.5 Å². The molecule has 0 bridgehead atoms. The molecule has 0 aromatic rings. The Labute approximate surface area is 479 Å². The number of unbranched alkanes of at least 4 members (excludes halogenated alkanes) is 61. The van der Waals surface area contributed by atoms with Gasteiger partial charge in [0.2, 0.25) is 5.91 Å². The number of hydrogen-bond acceptors (Lipinski definition) is 3. The van der Waals surface area contributed by atoms with Crippen molar-refractivity contribution in [1.29, 1.82) is 0 Å². The molecule has 0 saturated heterocycles. The SMILES string of the molecule is CCCCCCCCCCCCCCCCCCCCCCCCCCC/C=C/C(O)C(CO)NC(=O)CCCCCCCCCCCCCCCCCCCCCCCCCCCCCCCCCCCCCCC. The molecule has 0 saturated carbocycles. The molecule has 0 radical (unpaired) electrons. The minimum Gasteiger partial charge on any atom is -0.394 e. The van der Waals surface area contributed by atoms with Gasteiger partial charge in [-0.2, -0.15) is 0 Å². The van der Waals surface area contributed by atoms with Gasteiger partial charge in [-0.25, -0.2) is 0 Å². The molecule has 0 aliphatic rings. The van der Waals surface area contributed by atoms with Crippen LogP contribution in [0.3, 0.4) is 0 Å². The van der Waals surface area contributed by atoms with Gasteiger partial charge in [-0.3, -0.25) is 4.79 Å². The van der Waals surface area contributed by atoms with Crippen molar-refractivity contribution in [2.75, 3.05) is 6.61 Å². The van der Waals surface area contributed by atoms with Gasteiger partial charge in [0.05, 0.1) is 18.8 Å². The quantitative estimate of drug-likeness (QED) is 0.0420. The Hall–Kier alpha value is -0.870. The summed E-state index contributed by atoms with van der Waals surface area (Å²) >= 11 is 0. The van der Waals surface area contributed by atoms with Gasteiger partial charge in [-0.05, 0) is 19.3 Å². The Balaban J connectivity index is 3.37. The normalized spacial score (nSPS) is 12.6. The topological polar surface area (TPSA) is 69.6 Å². The molecule has 0 rings (SSSR count). The summed E-state index contributed by atoms with van der Waals surface area (Å²) in [5.74, 6) is -0.0528. The van der Waals surface area contributed by atoms with Crippen molar-refractivity contribution in [2.24, 2.45) is 0 Å². The summed E-state index contributed by atoms with van der Waals surface area (Å²) < 4.78 is 0. The predicted octanol–water partition coefficient (Wildman–Crippen LogP) is 24.4. The first-order chi connectivity index (χ1) is 37.7. The molecular weight excluding hydrogens is 927 g/mol. The van der Waals surface area contributed by atoms with Crippen LogP contribution in [0.15, 0.2) is 12.2 Å². The third-order valence-electron chi connectivity index (χ3n) is 17.3. The molecule has 4 heteroatoms. The fourth-order valence-electron chi connectivity index (χ4n) is 11.8. The maximum atomic E-state index is 12.5. The summed E-state index contributed by atoms with van der Waals surface area (Å²) in [7, 11) is 0. The van der Waals surface area contributed by atoms with Crippen LogP contribution in [0, 0.1) is 0 Å². The minimum atomic E-state index is -0.837. The number of allylic oxidation sites excluding steroid dienone is 1. The number of aliphatic hydroxyl groups excluding tert-OH is 2. The fraction of sp³-hybridized carbons (Fsp3) is 0.958. The number of nitrogens with one attached hydrogen (secondary N) is 1. The second-order valence-electron chi connectivity index (χ2n) is 25.0. The van der Waals surface area contributed by atoms with Crippen molar-refractivity contribution < 1.29 is 15.0 Å². The van der Waals surface area contributed by atoms with Crippen LogP contribution in [0.5, 0.6) is 0 Å². The van der Waals surface area contributed by atoms with E-state index in [-0.39, 0.29) is 12.5 Å².